The standard InChI is InChI=1S/C19H15F5O3/c1-11-10-13(17(8-9-17)18(20,21)19(22,23)24)4-7-15(11)27-14-5-2-12(3-6-14)16(25)26/h2-7,10H,8-9H2,1H3,(H,25,26). The van der Waals surface area contributed by atoms with E-state index < -0.39 is 23.5 Å². The largest absolute Gasteiger partial charge is 0.478 e. The number of carboxylic acids is 1. The van der Waals surface area contributed by atoms with Crippen LogP contribution in [-0.2, 0) is 5.41 Å². The van der Waals surface area contributed by atoms with E-state index in [1.54, 1.807) is 6.92 Å². The van der Waals surface area contributed by atoms with Crippen molar-refractivity contribution < 1.29 is 36.6 Å². The molecule has 0 aliphatic heterocycles. The second-order valence-electron chi connectivity index (χ2n) is 6.57. The number of hydrogen-bond donors (Lipinski definition) is 1. The van der Waals surface area contributed by atoms with Gasteiger partial charge in [-0.05, 0) is 61.2 Å². The van der Waals surface area contributed by atoms with Gasteiger partial charge < -0.3 is 9.84 Å². The van der Waals surface area contributed by atoms with Crippen molar-refractivity contribution in [2.75, 3.05) is 0 Å². The molecule has 1 N–H and O–H groups in total. The second-order valence-corrected chi connectivity index (χ2v) is 6.57. The first-order valence-corrected chi connectivity index (χ1v) is 8.05. The minimum absolute atomic E-state index is 0.0690. The zero-order chi connectivity index (χ0) is 20.0. The maximum Gasteiger partial charge on any atom is 0.454 e. The number of carbonyl (C=O) groups is 1. The Hall–Kier alpha value is -2.64. The van der Waals surface area contributed by atoms with Crippen molar-refractivity contribution in [3.8, 4) is 11.5 Å². The van der Waals surface area contributed by atoms with Crippen LogP contribution >= 0.6 is 0 Å². The Morgan fingerprint density at radius 2 is 1.63 bits per heavy atom. The maximum atomic E-state index is 13.9. The van der Waals surface area contributed by atoms with Gasteiger partial charge in [0.2, 0.25) is 0 Å². The third-order valence-electron chi connectivity index (χ3n) is 4.76. The highest BCUT2D eigenvalue weighted by molar-refractivity contribution is 5.87. The highest BCUT2D eigenvalue weighted by Gasteiger charge is 2.75. The molecule has 0 atom stereocenters. The zero-order valence-corrected chi connectivity index (χ0v) is 14.1. The summed E-state index contributed by atoms with van der Waals surface area (Å²) in [6, 6.07) is 9.39. The minimum Gasteiger partial charge on any atom is -0.478 e. The smallest absolute Gasteiger partial charge is 0.454 e. The van der Waals surface area contributed by atoms with Gasteiger partial charge in [0.15, 0.2) is 0 Å². The predicted molar refractivity (Wildman–Crippen MR) is 86.6 cm³/mol. The van der Waals surface area contributed by atoms with Crippen molar-refractivity contribution >= 4 is 5.97 Å². The molecule has 0 amide bonds. The molecule has 3 rings (SSSR count). The van der Waals surface area contributed by atoms with Gasteiger partial charge in [-0.3, -0.25) is 0 Å². The van der Waals surface area contributed by atoms with Crippen molar-refractivity contribution in [1.29, 1.82) is 0 Å². The summed E-state index contributed by atoms with van der Waals surface area (Å²) in [4.78, 5) is 10.8. The zero-order valence-electron chi connectivity index (χ0n) is 14.1. The highest BCUT2D eigenvalue weighted by Crippen LogP contribution is 2.63. The van der Waals surface area contributed by atoms with Gasteiger partial charge in [0.25, 0.3) is 0 Å². The number of hydrogen-bond acceptors (Lipinski definition) is 2. The number of alkyl halides is 5. The maximum absolute atomic E-state index is 13.9. The second kappa shape index (κ2) is 6.21. The van der Waals surface area contributed by atoms with Crippen LogP contribution < -0.4 is 4.74 Å². The van der Waals surface area contributed by atoms with Crippen LogP contribution in [0.5, 0.6) is 11.5 Å². The molecule has 0 radical (unpaired) electrons. The summed E-state index contributed by atoms with van der Waals surface area (Å²) >= 11 is 0. The molecule has 0 saturated heterocycles. The first-order valence-electron chi connectivity index (χ1n) is 8.05. The van der Waals surface area contributed by atoms with Gasteiger partial charge in [0.05, 0.1) is 11.0 Å². The van der Waals surface area contributed by atoms with E-state index in [2.05, 4.69) is 0 Å². The Labute approximate surface area is 151 Å². The summed E-state index contributed by atoms with van der Waals surface area (Å²) in [6.07, 6.45) is -6.09. The topological polar surface area (TPSA) is 46.5 Å². The van der Waals surface area contributed by atoms with Crippen molar-refractivity contribution in [2.24, 2.45) is 0 Å². The molecule has 27 heavy (non-hydrogen) atoms. The molecular weight excluding hydrogens is 371 g/mol. The first kappa shape index (κ1) is 19.1. The Bertz CT molecular complexity index is 868. The molecule has 0 bridgehead atoms. The van der Waals surface area contributed by atoms with Crippen LogP contribution in [0.25, 0.3) is 0 Å². The van der Waals surface area contributed by atoms with E-state index in [9.17, 15) is 26.7 Å². The fraction of sp³-hybridized carbons (Fsp3) is 0.316. The summed E-state index contributed by atoms with van der Waals surface area (Å²) in [5.41, 5.74) is -1.83. The average Bonchev–Trinajstić information content (AvgIpc) is 3.38. The molecular formula is C19H15F5O3. The van der Waals surface area contributed by atoms with Crippen molar-refractivity contribution in [3.05, 3.63) is 59.2 Å². The number of benzene rings is 2. The molecule has 8 heteroatoms. The van der Waals surface area contributed by atoms with Crippen LogP contribution in [0.1, 0.15) is 34.3 Å². The predicted octanol–water partition coefficient (Wildman–Crippen LogP) is 5.71. The van der Waals surface area contributed by atoms with Crippen LogP contribution in [0, 0.1) is 6.92 Å². The highest BCUT2D eigenvalue weighted by atomic mass is 19.4. The normalized spacial score (nSPS) is 16.1. The van der Waals surface area contributed by atoms with Gasteiger partial charge >= 0.3 is 18.1 Å². The fourth-order valence-corrected chi connectivity index (χ4v) is 3.03. The van der Waals surface area contributed by atoms with Gasteiger partial charge in [-0.15, -0.1) is 0 Å². The molecule has 0 unspecified atom stereocenters. The molecule has 1 saturated carbocycles. The molecule has 0 aromatic heterocycles. The van der Waals surface area contributed by atoms with Crippen LogP contribution in [-0.4, -0.2) is 23.2 Å². The summed E-state index contributed by atoms with van der Waals surface area (Å²) in [5, 5.41) is 8.86. The van der Waals surface area contributed by atoms with E-state index in [-0.39, 0.29) is 29.7 Å². The van der Waals surface area contributed by atoms with Crippen molar-refractivity contribution in [3.63, 3.8) is 0 Å². The number of aromatic carboxylic acids is 1. The number of rotatable bonds is 5. The minimum atomic E-state index is -5.61. The lowest BCUT2D eigenvalue weighted by Gasteiger charge is -2.29. The molecule has 3 nitrogen and oxygen atoms in total. The summed E-state index contributed by atoms with van der Waals surface area (Å²) in [5.74, 6) is -5.30. The molecule has 2 aromatic rings. The van der Waals surface area contributed by atoms with Gasteiger partial charge in [-0.2, -0.15) is 22.0 Å². The quantitative estimate of drug-likeness (QED) is 0.669. The third kappa shape index (κ3) is 3.24. The van der Waals surface area contributed by atoms with E-state index >= 15 is 0 Å². The lowest BCUT2D eigenvalue weighted by Crippen LogP contribution is -2.47. The summed E-state index contributed by atoms with van der Waals surface area (Å²) in [6.45, 7) is 1.55. The first-order chi connectivity index (χ1) is 12.5. The van der Waals surface area contributed by atoms with Crippen LogP contribution in [0.4, 0.5) is 22.0 Å². The average molecular weight is 386 g/mol. The lowest BCUT2D eigenvalue weighted by molar-refractivity contribution is -0.296. The van der Waals surface area contributed by atoms with E-state index in [0.717, 1.165) is 0 Å². The van der Waals surface area contributed by atoms with E-state index in [1.165, 1.54) is 42.5 Å². The van der Waals surface area contributed by atoms with Crippen LogP contribution in [0.15, 0.2) is 42.5 Å². The molecule has 1 fully saturated rings. The van der Waals surface area contributed by atoms with Crippen molar-refractivity contribution in [2.45, 2.75) is 37.3 Å². The molecule has 1 aliphatic rings. The number of carboxylic acid groups (broad SMARTS) is 1. The lowest BCUT2D eigenvalue weighted by atomic mass is 9.87. The molecule has 0 heterocycles. The molecule has 144 valence electrons. The van der Waals surface area contributed by atoms with Gasteiger partial charge in [0, 0.05) is 0 Å². The van der Waals surface area contributed by atoms with Crippen molar-refractivity contribution in [1.82, 2.24) is 0 Å². The SMILES string of the molecule is Cc1cc(C2(C(F)(F)C(F)(F)F)CC2)ccc1Oc1ccc(C(=O)O)cc1. The monoisotopic (exact) mass is 386 g/mol. The third-order valence-corrected chi connectivity index (χ3v) is 4.76. The molecule has 2 aromatic carbocycles. The van der Waals surface area contributed by atoms with E-state index in [1.807, 2.05) is 0 Å². The Morgan fingerprint density at radius 3 is 2.07 bits per heavy atom. The number of aryl methyl sites for hydroxylation is 1. The fourth-order valence-electron chi connectivity index (χ4n) is 3.03. The van der Waals surface area contributed by atoms with E-state index in [4.69, 9.17) is 9.84 Å². The number of ether oxygens (including phenoxy) is 1. The Balaban J connectivity index is 1.85. The van der Waals surface area contributed by atoms with E-state index in [0.29, 0.717) is 11.3 Å². The number of halogens is 5. The Kier molecular flexibility index (Phi) is 4.40. The van der Waals surface area contributed by atoms with Crippen LogP contribution in [0.3, 0.4) is 0 Å². The summed E-state index contributed by atoms with van der Waals surface area (Å²) in [7, 11) is 0. The summed E-state index contributed by atoms with van der Waals surface area (Å²) < 4.78 is 71.8. The molecule has 1 aliphatic carbocycles. The van der Waals surface area contributed by atoms with Crippen LogP contribution in [0.2, 0.25) is 0 Å². The molecule has 0 spiro atoms. The Morgan fingerprint density at radius 1 is 1.04 bits per heavy atom. The van der Waals surface area contributed by atoms with Gasteiger partial charge in [0.1, 0.15) is 11.5 Å². The van der Waals surface area contributed by atoms with Gasteiger partial charge in [-0.25, -0.2) is 4.79 Å². The van der Waals surface area contributed by atoms with Gasteiger partial charge in [-0.1, -0.05) is 12.1 Å².